The molecule has 1 aromatic rings. The van der Waals surface area contributed by atoms with Gasteiger partial charge in [-0.3, -0.25) is 4.31 Å². The van der Waals surface area contributed by atoms with Gasteiger partial charge in [0.2, 0.25) is 10.0 Å². The van der Waals surface area contributed by atoms with E-state index in [4.69, 9.17) is 4.74 Å². The Morgan fingerprint density at radius 1 is 1.33 bits per heavy atom. The van der Waals surface area contributed by atoms with Crippen LogP contribution in [0.2, 0.25) is 0 Å². The third kappa shape index (κ3) is 2.89. The van der Waals surface area contributed by atoms with Crippen LogP contribution in [0.3, 0.4) is 0 Å². The predicted octanol–water partition coefficient (Wildman–Crippen LogP) is 2.23. The summed E-state index contributed by atoms with van der Waals surface area (Å²) < 4.78 is 58.3. The van der Waals surface area contributed by atoms with Gasteiger partial charge in [-0.05, 0) is 31.7 Å². The van der Waals surface area contributed by atoms with Gasteiger partial charge < -0.3 is 4.74 Å². The number of fused-ring (bicyclic) bond motifs is 1. The number of nitrogens with zero attached hydrogens (tertiary/aromatic N) is 1. The summed E-state index contributed by atoms with van der Waals surface area (Å²) in [5.41, 5.74) is 0.414. The normalized spacial score (nSPS) is 21.8. The van der Waals surface area contributed by atoms with Crippen molar-refractivity contribution >= 4 is 15.7 Å². The lowest BCUT2D eigenvalue weighted by atomic mass is 10.1. The van der Waals surface area contributed by atoms with Crippen LogP contribution in [0.25, 0.3) is 0 Å². The largest absolute Gasteiger partial charge is 0.378 e. The van der Waals surface area contributed by atoms with Gasteiger partial charge in [0.1, 0.15) is 11.6 Å². The van der Waals surface area contributed by atoms with Crippen molar-refractivity contribution in [1.82, 2.24) is 0 Å². The average molecular weight is 317 g/mol. The van der Waals surface area contributed by atoms with Crippen LogP contribution in [-0.4, -0.2) is 33.4 Å². The summed E-state index contributed by atoms with van der Waals surface area (Å²) in [4.78, 5) is 0. The van der Waals surface area contributed by atoms with E-state index in [2.05, 4.69) is 0 Å². The molecular formula is C14H17F2NO3S. The first-order valence-electron chi connectivity index (χ1n) is 7.07. The van der Waals surface area contributed by atoms with Gasteiger partial charge in [-0.25, -0.2) is 17.2 Å². The van der Waals surface area contributed by atoms with Crippen LogP contribution in [0.15, 0.2) is 12.1 Å². The topological polar surface area (TPSA) is 46.6 Å². The third-order valence-corrected chi connectivity index (χ3v) is 5.83. The summed E-state index contributed by atoms with van der Waals surface area (Å²) in [6.45, 7) is 0.844. The van der Waals surface area contributed by atoms with Crippen molar-refractivity contribution in [2.75, 3.05) is 23.2 Å². The smallest absolute Gasteiger partial charge is 0.235 e. The molecule has 2 heterocycles. The molecule has 1 saturated heterocycles. The van der Waals surface area contributed by atoms with Crippen LogP contribution in [0, 0.1) is 11.6 Å². The fraction of sp³-hybridized carbons (Fsp3) is 0.571. The van der Waals surface area contributed by atoms with Crippen molar-refractivity contribution in [2.45, 2.75) is 31.8 Å². The summed E-state index contributed by atoms with van der Waals surface area (Å²) in [6, 6.07) is 1.89. The van der Waals surface area contributed by atoms with E-state index in [1.807, 2.05) is 0 Å². The molecule has 2 aliphatic rings. The lowest BCUT2D eigenvalue weighted by molar-refractivity contribution is 0.109. The quantitative estimate of drug-likeness (QED) is 0.855. The molecule has 2 aliphatic heterocycles. The number of ether oxygens (including phenoxy) is 1. The first-order chi connectivity index (χ1) is 9.97. The van der Waals surface area contributed by atoms with E-state index in [9.17, 15) is 17.2 Å². The molecule has 0 bridgehead atoms. The van der Waals surface area contributed by atoms with Gasteiger partial charge in [0, 0.05) is 24.8 Å². The monoisotopic (exact) mass is 317 g/mol. The SMILES string of the molecule is O=S(=O)(CC[C@H]1CCCO1)N1CCc2c(F)cc(F)cc21. The van der Waals surface area contributed by atoms with Gasteiger partial charge >= 0.3 is 0 Å². The van der Waals surface area contributed by atoms with Crippen LogP contribution < -0.4 is 4.31 Å². The zero-order chi connectivity index (χ0) is 15.0. The van der Waals surface area contributed by atoms with Gasteiger partial charge in [-0.1, -0.05) is 0 Å². The van der Waals surface area contributed by atoms with Gasteiger partial charge in [-0.15, -0.1) is 0 Å². The summed E-state index contributed by atoms with van der Waals surface area (Å²) >= 11 is 0. The highest BCUT2D eigenvalue weighted by molar-refractivity contribution is 7.92. The highest BCUT2D eigenvalue weighted by Gasteiger charge is 2.32. The number of benzene rings is 1. The Bertz CT molecular complexity index is 642. The first kappa shape index (κ1) is 14.7. The standard InChI is InChI=1S/C14H17F2NO3S/c15-10-8-13(16)12-3-5-17(14(12)9-10)21(18,19)7-4-11-2-1-6-20-11/h8-9,11H,1-7H2/t11-/m1/s1. The predicted molar refractivity (Wildman–Crippen MR) is 74.8 cm³/mol. The average Bonchev–Trinajstić information content (AvgIpc) is 3.05. The molecule has 0 aliphatic carbocycles. The fourth-order valence-corrected chi connectivity index (χ4v) is 4.56. The molecule has 0 unspecified atom stereocenters. The Kier molecular flexibility index (Phi) is 3.88. The molecule has 0 radical (unpaired) electrons. The second-order valence-corrected chi connectivity index (χ2v) is 7.46. The minimum absolute atomic E-state index is 0.0221. The van der Waals surface area contributed by atoms with Gasteiger partial charge in [0.15, 0.2) is 0 Å². The van der Waals surface area contributed by atoms with Gasteiger partial charge in [0.05, 0.1) is 17.5 Å². The number of rotatable bonds is 4. The molecule has 0 spiro atoms. The number of halogens is 2. The number of hydrogen-bond acceptors (Lipinski definition) is 3. The molecule has 0 N–H and O–H groups in total. The van der Waals surface area contributed by atoms with Crippen LogP contribution in [0.4, 0.5) is 14.5 Å². The third-order valence-electron chi connectivity index (χ3n) is 4.03. The van der Waals surface area contributed by atoms with Crippen molar-refractivity contribution in [3.8, 4) is 0 Å². The summed E-state index contributed by atoms with van der Waals surface area (Å²) in [5.74, 6) is -1.50. The molecule has 7 heteroatoms. The Morgan fingerprint density at radius 3 is 2.86 bits per heavy atom. The Morgan fingerprint density at radius 2 is 2.14 bits per heavy atom. The Labute approximate surface area is 122 Å². The number of hydrogen-bond donors (Lipinski definition) is 0. The molecule has 21 heavy (non-hydrogen) atoms. The molecule has 3 rings (SSSR count). The van der Waals surface area contributed by atoms with E-state index in [0.717, 1.165) is 29.3 Å². The maximum Gasteiger partial charge on any atom is 0.235 e. The molecule has 0 aromatic heterocycles. The molecule has 116 valence electrons. The highest BCUT2D eigenvalue weighted by atomic mass is 32.2. The van der Waals surface area contributed by atoms with Crippen LogP contribution >= 0.6 is 0 Å². The van der Waals surface area contributed by atoms with Crippen molar-refractivity contribution in [2.24, 2.45) is 0 Å². The van der Waals surface area contributed by atoms with E-state index in [-0.39, 0.29) is 36.1 Å². The van der Waals surface area contributed by atoms with E-state index in [1.165, 1.54) is 0 Å². The van der Waals surface area contributed by atoms with Gasteiger partial charge in [-0.2, -0.15) is 0 Å². The van der Waals surface area contributed by atoms with Crippen LogP contribution in [-0.2, 0) is 21.2 Å². The number of sulfonamides is 1. The Balaban J connectivity index is 1.78. The van der Waals surface area contributed by atoms with Crippen molar-refractivity contribution in [1.29, 1.82) is 0 Å². The lowest BCUT2D eigenvalue weighted by Gasteiger charge is -2.20. The first-order valence-corrected chi connectivity index (χ1v) is 8.68. The van der Waals surface area contributed by atoms with Crippen LogP contribution in [0.1, 0.15) is 24.8 Å². The fourth-order valence-electron chi connectivity index (χ4n) is 2.95. The summed E-state index contributed by atoms with van der Waals surface area (Å²) in [7, 11) is -3.57. The van der Waals surface area contributed by atoms with Crippen molar-refractivity contribution < 1.29 is 21.9 Å². The molecule has 1 atom stereocenters. The lowest BCUT2D eigenvalue weighted by Crippen LogP contribution is -2.32. The summed E-state index contributed by atoms with van der Waals surface area (Å²) in [5, 5.41) is 0. The van der Waals surface area contributed by atoms with E-state index < -0.39 is 21.7 Å². The van der Waals surface area contributed by atoms with Crippen molar-refractivity contribution in [3.05, 3.63) is 29.3 Å². The second kappa shape index (κ2) is 5.53. The second-order valence-electron chi connectivity index (χ2n) is 5.45. The van der Waals surface area contributed by atoms with E-state index >= 15 is 0 Å². The molecule has 4 nitrogen and oxygen atoms in total. The maximum absolute atomic E-state index is 13.7. The minimum atomic E-state index is -3.57. The molecule has 0 saturated carbocycles. The molecule has 1 aromatic carbocycles. The van der Waals surface area contributed by atoms with Crippen LogP contribution in [0.5, 0.6) is 0 Å². The highest BCUT2D eigenvalue weighted by Crippen LogP contribution is 2.33. The van der Waals surface area contributed by atoms with E-state index in [0.29, 0.717) is 13.0 Å². The van der Waals surface area contributed by atoms with E-state index in [1.54, 1.807) is 0 Å². The van der Waals surface area contributed by atoms with Gasteiger partial charge in [0.25, 0.3) is 0 Å². The van der Waals surface area contributed by atoms with Crippen molar-refractivity contribution in [3.63, 3.8) is 0 Å². The molecule has 0 amide bonds. The number of anilines is 1. The maximum atomic E-state index is 13.7. The zero-order valence-corrected chi connectivity index (χ0v) is 12.3. The minimum Gasteiger partial charge on any atom is -0.378 e. The Hall–Kier alpha value is -1.21. The molecular weight excluding hydrogens is 300 g/mol. The zero-order valence-electron chi connectivity index (χ0n) is 11.5. The molecule has 1 fully saturated rings. The summed E-state index contributed by atoms with van der Waals surface area (Å²) in [6.07, 6.45) is 2.50.